The molecule has 3 aliphatic heterocycles. The van der Waals surface area contributed by atoms with Crippen molar-refractivity contribution in [1.29, 1.82) is 0 Å². The van der Waals surface area contributed by atoms with Gasteiger partial charge in [0.15, 0.2) is 5.60 Å². The molecule has 0 amide bonds. The normalized spacial score (nSPS) is 16.7. The molecule has 3 heterocycles. The van der Waals surface area contributed by atoms with Gasteiger partial charge in [-0.2, -0.15) is 0 Å². The fraction of sp³-hybridized carbons (Fsp3) is 0.105. The van der Waals surface area contributed by atoms with Gasteiger partial charge in [-0.15, -0.1) is 0 Å². The molecule has 8 nitrogen and oxygen atoms in total. The van der Waals surface area contributed by atoms with Crippen LogP contribution < -0.4 is 22.0 Å². The van der Waals surface area contributed by atoms with E-state index in [1.165, 1.54) is 40.4 Å². The summed E-state index contributed by atoms with van der Waals surface area (Å²) in [7, 11) is 0. The van der Waals surface area contributed by atoms with E-state index in [4.69, 9.17) is 26.8 Å². The topological polar surface area (TPSA) is 92.7 Å². The van der Waals surface area contributed by atoms with E-state index in [2.05, 4.69) is 98.8 Å². The second kappa shape index (κ2) is 15.0. The highest BCUT2D eigenvalue weighted by molar-refractivity contribution is 7.95. The number of fused-ring (bicyclic) bond motifs is 19. The van der Waals surface area contributed by atoms with Crippen LogP contribution in [0.25, 0.3) is 32.7 Å². The van der Waals surface area contributed by atoms with Crippen molar-refractivity contribution in [3.05, 3.63) is 214 Å². The Morgan fingerprint density at radius 2 is 1.10 bits per heavy atom. The molecule has 0 bridgehead atoms. The molecule has 67 heavy (non-hydrogen) atoms. The molecule has 0 saturated carbocycles. The number of hydrogen-bond donors (Lipinski definition) is 1. The molecule has 13 rings (SSSR count). The third-order valence-corrected chi connectivity index (χ3v) is 15.2. The van der Waals surface area contributed by atoms with Gasteiger partial charge in [0.2, 0.25) is 0 Å². The van der Waals surface area contributed by atoms with Gasteiger partial charge >= 0.3 is 5.97 Å². The Labute approximate surface area is 394 Å². The van der Waals surface area contributed by atoms with Crippen molar-refractivity contribution < 1.29 is 36.7 Å². The summed E-state index contributed by atoms with van der Waals surface area (Å²) in [5.41, 5.74) is 7.38. The van der Waals surface area contributed by atoms with Crippen molar-refractivity contribution in [2.45, 2.75) is 36.5 Å². The van der Waals surface area contributed by atoms with Crippen molar-refractivity contribution in [1.82, 2.24) is 0 Å². The van der Waals surface area contributed by atoms with E-state index in [1.54, 1.807) is 30.3 Å². The summed E-state index contributed by atoms with van der Waals surface area (Å²) in [6, 6.07) is 55.9. The molecule has 4 aliphatic rings. The van der Waals surface area contributed by atoms with Crippen molar-refractivity contribution in [2.24, 2.45) is 0 Å². The van der Waals surface area contributed by atoms with Crippen molar-refractivity contribution in [2.75, 3.05) is 0 Å². The van der Waals surface area contributed by atoms with Crippen LogP contribution >= 0.6 is 24.4 Å². The molecule has 2 spiro atoms. The molecule has 2 unspecified atom stereocenters. The minimum atomic E-state index is -1.27. The number of phenols is 1. The van der Waals surface area contributed by atoms with Gasteiger partial charge in [0, 0.05) is 66.7 Å². The molecule has 0 aromatic heterocycles. The van der Waals surface area contributed by atoms with Gasteiger partial charge in [-0.25, -0.2) is 4.79 Å². The van der Waals surface area contributed by atoms with E-state index in [0.29, 0.717) is 50.5 Å². The molecule has 9 aromatic carbocycles. The van der Waals surface area contributed by atoms with Gasteiger partial charge in [-0.3, -0.25) is 0 Å². The maximum absolute atomic E-state index is 13.3. The van der Waals surface area contributed by atoms with E-state index in [9.17, 15) is 9.90 Å². The highest BCUT2D eigenvalue weighted by Crippen LogP contribution is 2.64. The number of esters is 1. The van der Waals surface area contributed by atoms with Gasteiger partial charge in [0.05, 0.1) is 23.0 Å². The summed E-state index contributed by atoms with van der Waals surface area (Å²) < 4.78 is 38.9. The quantitative estimate of drug-likeness (QED) is 0.117. The fourth-order valence-electron chi connectivity index (χ4n) is 10.6. The molecule has 0 radical (unpaired) electrons. The number of carbonyl (C=O) groups excluding carboxylic acids is 1. The Morgan fingerprint density at radius 1 is 0.537 bits per heavy atom. The van der Waals surface area contributed by atoms with Crippen molar-refractivity contribution >= 4 is 51.9 Å². The third-order valence-electron chi connectivity index (χ3n) is 13.7. The fourth-order valence-corrected chi connectivity index (χ4v) is 11.6. The molecule has 2 atom stereocenters. The van der Waals surface area contributed by atoms with E-state index >= 15 is 0 Å². The van der Waals surface area contributed by atoms with Crippen LogP contribution in [0, 0.1) is 0 Å². The van der Waals surface area contributed by atoms with E-state index in [1.807, 2.05) is 48.5 Å². The molecular formula is C57H38O8S2. The zero-order valence-electron chi connectivity index (χ0n) is 36.1. The van der Waals surface area contributed by atoms with Crippen molar-refractivity contribution in [3.8, 4) is 57.1 Å². The molecule has 1 N–H and O–H groups in total. The Morgan fingerprint density at radius 3 is 1.76 bits per heavy atom. The number of carbonyl (C=O) groups is 1. The predicted octanol–water partition coefficient (Wildman–Crippen LogP) is 14.6. The minimum absolute atomic E-state index is 0.0223. The number of benzene rings is 9. The van der Waals surface area contributed by atoms with E-state index in [0.717, 1.165) is 68.7 Å². The summed E-state index contributed by atoms with van der Waals surface area (Å²) in [4.78, 5) is 13.3. The Kier molecular flexibility index (Phi) is 8.91. The maximum atomic E-state index is 13.3. The molecular weight excluding hydrogens is 877 g/mol. The number of ether oxygens (including phenoxy) is 3. The van der Waals surface area contributed by atoms with Crippen LogP contribution in [0.3, 0.4) is 0 Å². The molecule has 9 aromatic rings. The van der Waals surface area contributed by atoms with Crippen LogP contribution in [0.4, 0.5) is 0 Å². The van der Waals surface area contributed by atoms with Crippen molar-refractivity contribution in [3.63, 3.8) is 0 Å². The Bertz CT molecular complexity index is 3520. The highest BCUT2D eigenvalue weighted by atomic mass is 32.2. The van der Waals surface area contributed by atoms with Gasteiger partial charge in [0.25, 0.3) is 12.3 Å². The zero-order valence-corrected chi connectivity index (χ0v) is 37.7. The largest absolute Gasteiger partial charge is 0.508 e. The van der Waals surface area contributed by atoms with Gasteiger partial charge in [0.1, 0.15) is 46.0 Å². The van der Waals surface area contributed by atoms with Gasteiger partial charge in [-0.05, 0) is 83.3 Å². The van der Waals surface area contributed by atoms with Crippen LogP contribution in [-0.4, -0.2) is 16.3 Å². The highest BCUT2D eigenvalue weighted by Gasteiger charge is 2.54. The van der Waals surface area contributed by atoms with Crippen LogP contribution in [0.15, 0.2) is 170 Å². The molecule has 10 heteroatoms. The zero-order chi connectivity index (χ0) is 45.0. The first-order valence-electron chi connectivity index (χ1n) is 22.2. The van der Waals surface area contributed by atoms with Gasteiger partial charge < -0.3 is 31.9 Å². The summed E-state index contributed by atoms with van der Waals surface area (Å²) >= 11 is 2.31. The SMILES string of the molecule is CCC(C)SOc1cccc2c3c(ccc12)C1(c2ccccc2-c2ccccc21)c1ccc2c(OSOc4ccc5c(c4)Oc4cc(O)ccc4C54OC(=O)c5ccccc54)cccc2c1O3. The second-order valence-electron chi connectivity index (χ2n) is 17.2. The first-order valence-corrected chi connectivity index (χ1v) is 23.7. The molecule has 0 fully saturated rings. The first kappa shape index (κ1) is 39.8. The lowest BCUT2D eigenvalue weighted by atomic mass is 9.65. The lowest BCUT2D eigenvalue weighted by molar-refractivity contribution is 0.0224. The minimum Gasteiger partial charge on any atom is -0.508 e. The predicted molar refractivity (Wildman–Crippen MR) is 262 cm³/mol. The number of hydrogen-bond acceptors (Lipinski definition) is 10. The van der Waals surface area contributed by atoms with E-state index < -0.39 is 17.0 Å². The molecule has 326 valence electrons. The average Bonchev–Trinajstić information content (AvgIpc) is 3.82. The Hall–Kier alpha value is -7.53. The summed E-state index contributed by atoms with van der Waals surface area (Å²) in [6.45, 7) is 4.34. The van der Waals surface area contributed by atoms with Crippen LogP contribution in [0.1, 0.15) is 69.6 Å². The number of phenolic OH excluding ortho intramolecular Hbond substituents is 1. The van der Waals surface area contributed by atoms with Gasteiger partial charge in [-0.1, -0.05) is 117 Å². The average molecular weight is 915 g/mol. The monoisotopic (exact) mass is 914 g/mol. The number of rotatable bonds is 8. The summed E-state index contributed by atoms with van der Waals surface area (Å²) in [6.07, 6.45) is 0.997. The summed E-state index contributed by atoms with van der Waals surface area (Å²) in [5, 5.41) is 14.5. The standard InChI is InChI=1S/C57H38O8S2/c1-3-32(2)66-64-49-20-10-15-39-37(49)24-28-47-53(39)61-54-40-16-11-21-50(38(40)25-29-48(54)56(47)42-17-7-4-12-35(42)36-13-5-8-18-43(36)56)65-67-63-34-23-27-46-52(31-34)60-51-30-33(58)22-26-45(51)57(46)44-19-9-6-14-41(44)55(59)62-57/h4-32,58H,3H2,1-2H3. The second-order valence-corrected chi connectivity index (χ2v) is 18.9. The number of aromatic hydroxyl groups is 1. The lowest BCUT2D eigenvalue weighted by Gasteiger charge is -2.40. The first-order chi connectivity index (χ1) is 32.9. The summed E-state index contributed by atoms with van der Waals surface area (Å²) in [5.74, 6) is 3.74. The smallest absolute Gasteiger partial charge is 0.340 e. The van der Waals surface area contributed by atoms with Crippen LogP contribution in [0.2, 0.25) is 0 Å². The van der Waals surface area contributed by atoms with E-state index in [-0.39, 0.29) is 5.75 Å². The Balaban J connectivity index is 0.888. The third kappa shape index (κ3) is 5.66. The molecule has 0 saturated heterocycles. The van der Waals surface area contributed by atoms with Crippen LogP contribution in [0.5, 0.6) is 46.0 Å². The lowest BCUT2D eigenvalue weighted by Crippen LogP contribution is -2.32. The molecule has 1 aliphatic carbocycles. The maximum Gasteiger partial charge on any atom is 0.340 e. The van der Waals surface area contributed by atoms with Crippen LogP contribution in [-0.2, 0) is 15.8 Å².